The molecule has 0 radical (unpaired) electrons. The van der Waals surface area contributed by atoms with E-state index in [9.17, 15) is 8.42 Å². The summed E-state index contributed by atoms with van der Waals surface area (Å²) < 4.78 is 40.6. The van der Waals surface area contributed by atoms with Crippen molar-refractivity contribution in [1.82, 2.24) is 0 Å². The number of benzene rings is 2. The molecule has 1 aromatic heterocycles. The molecule has 4 rings (SSSR count). The third-order valence-corrected chi connectivity index (χ3v) is 8.41. The van der Waals surface area contributed by atoms with Gasteiger partial charge in [-0.1, -0.05) is 35.2 Å². The number of hydrogen-bond donors (Lipinski definition) is 1. The van der Waals surface area contributed by atoms with E-state index in [0.717, 1.165) is 33.5 Å². The Hall–Kier alpha value is -2.33. The Kier molecular flexibility index (Phi) is 7.13. The summed E-state index contributed by atoms with van der Waals surface area (Å²) in [7, 11) is -2.37. The summed E-state index contributed by atoms with van der Waals surface area (Å²) in [6.07, 6.45) is 4.65. The number of fused-ring (bicyclic) bond motifs is 2. The van der Waals surface area contributed by atoms with Gasteiger partial charge in [-0.2, -0.15) is 13.0 Å². The summed E-state index contributed by atoms with van der Waals surface area (Å²) >= 11 is 3.42. The molecule has 0 saturated carbocycles. The number of hydrogen-bond acceptors (Lipinski definition) is 6. The van der Waals surface area contributed by atoms with Gasteiger partial charge < -0.3 is 9.64 Å². The number of thioether (sulfide) groups is 1. The average molecular weight is 504 g/mol. The molecular weight excluding hydrogens is 476 g/mol. The Balaban J connectivity index is 1.67. The van der Waals surface area contributed by atoms with Gasteiger partial charge in [0, 0.05) is 29.6 Å². The molecule has 0 amide bonds. The van der Waals surface area contributed by atoms with Crippen molar-refractivity contribution in [3.8, 4) is 5.75 Å². The molecule has 1 aliphatic rings. The molecule has 174 valence electrons. The fourth-order valence-electron chi connectivity index (χ4n) is 3.87. The fourth-order valence-corrected chi connectivity index (χ4v) is 6.78. The van der Waals surface area contributed by atoms with Gasteiger partial charge in [0.1, 0.15) is 17.0 Å². The second kappa shape index (κ2) is 9.89. The fraction of sp³-hybridized carbons (Fsp3) is 0.292. The van der Waals surface area contributed by atoms with E-state index < -0.39 is 10.1 Å². The topological polar surface area (TPSA) is 70.7 Å². The Morgan fingerprint density at radius 2 is 2.03 bits per heavy atom. The molecule has 33 heavy (non-hydrogen) atoms. The van der Waals surface area contributed by atoms with Crippen molar-refractivity contribution in [2.24, 2.45) is 0 Å². The largest absolute Gasteiger partial charge is 0.497 e. The first-order valence-electron chi connectivity index (χ1n) is 10.7. The predicted molar refractivity (Wildman–Crippen MR) is 137 cm³/mol. The molecule has 0 atom stereocenters. The minimum atomic E-state index is -4.00. The van der Waals surface area contributed by atoms with Crippen LogP contribution in [0.15, 0.2) is 64.0 Å². The molecule has 0 bridgehead atoms. The Morgan fingerprint density at radius 3 is 2.76 bits per heavy atom. The van der Waals surface area contributed by atoms with Crippen LogP contribution in [0.3, 0.4) is 0 Å². The first-order valence-corrected chi connectivity index (χ1v) is 13.9. The summed E-state index contributed by atoms with van der Waals surface area (Å²) in [6, 6.07) is 14.3. The molecule has 1 N–H and O–H groups in total. The summed E-state index contributed by atoms with van der Waals surface area (Å²) in [5.41, 5.74) is 3.32. The Morgan fingerprint density at radius 1 is 1.24 bits per heavy atom. The maximum atomic E-state index is 11.2. The number of allylic oxidation sites excluding steroid dienone is 2. The zero-order valence-corrected chi connectivity index (χ0v) is 21.3. The van der Waals surface area contributed by atoms with E-state index in [0.29, 0.717) is 13.0 Å². The van der Waals surface area contributed by atoms with E-state index in [1.54, 1.807) is 30.2 Å². The van der Waals surface area contributed by atoms with Crippen LogP contribution in [0.2, 0.25) is 0 Å². The minimum Gasteiger partial charge on any atom is -0.497 e. The summed E-state index contributed by atoms with van der Waals surface area (Å²) in [4.78, 5) is 3.19. The van der Waals surface area contributed by atoms with Gasteiger partial charge in [0.2, 0.25) is 5.52 Å². The van der Waals surface area contributed by atoms with Crippen LogP contribution in [0.1, 0.15) is 25.3 Å². The smallest absolute Gasteiger partial charge is 0.264 e. The van der Waals surface area contributed by atoms with Gasteiger partial charge in [0.25, 0.3) is 15.1 Å². The first kappa shape index (κ1) is 23.8. The van der Waals surface area contributed by atoms with Crippen LogP contribution in [0.4, 0.5) is 5.69 Å². The van der Waals surface area contributed by atoms with Crippen LogP contribution >= 0.6 is 23.1 Å². The highest BCUT2D eigenvalue weighted by Gasteiger charge is 2.26. The maximum absolute atomic E-state index is 11.2. The Labute approximate surface area is 202 Å². The van der Waals surface area contributed by atoms with Gasteiger partial charge in [-0.05, 0) is 50.1 Å². The van der Waals surface area contributed by atoms with Gasteiger partial charge in [-0.25, -0.2) is 0 Å². The number of anilines is 1. The van der Waals surface area contributed by atoms with Crippen molar-refractivity contribution < 1.29 is 22.3 Å². The molecule has 0 fully saturated rings. The first-order chi connectivity index (χ1) is 15.8. The quantitative estimate of drug-likeness (QED) is 0.330. The number of thiazole rings is 1. The molecule has 0 spiro atoms. The molecule has 3 aromatic rings. The van der Waals surface area contributed by atoms with Crippen molar-refractivity contribution in [1.29, 1.82) is 0 Å². The van der Waals surface area contributed by atoms with Crippen LogP contribution in [-0.2, 0) is 16.7 Å². The molecule has 0 aliphatic carbocycles. The maximum Gasteiger partial charge on any atom is 0.264 e. The lowest BCUT2D eigenvalue weighted by Crippen LogP contribution is -2.33. The van der Waals surface area contributed by atoms with Crippen molar-refractivity contribution in [3.63, 3.8) is 0 Å². The number of methoxy groups -OCH3 is 1. The zero-order valence-electron chi connectivity index (χ0n) is 18.8. The SMILES string of the molecule is CC[n+]1c(C=C(C)C=C2Sc3ccc(OC)cc3N2CCCS(=O)(=O)O)sc2ccccc21. The highest BCUT2D eigenvalue weighted by atomic mass is 32.2. The van der Waals surface area contributed by atoms with E-state index in [1.165, 1.54) is 15.2 Å². The van der Waals surface area contributed by atoms with Crippen LogP contribution in [0.25, 0.3) is 16.3 Å². The van der Waals surface area contributed by atoms with Crippen LogP contribution in [0.5, 0.6) is 5.75 Å². The highest BCUT2D eigenvalue weighted by Crippen LogP contribution is 2.47. The van der Waals surface area contributed by atoms with E-state index >= 15 is 0 Å². The number of rotatable bonds is 8. The van der Waals surface area contributed by atoms with Crippen LogP contribution in [-0.4, -0.2) is 32.4 Å². The molecule has 2 heterocycles. The van der Waals surface area contributed by atoms with E-state index in [-0.39, 0.29) is 5.75 Å². The van der Waals surface area contributed by atoms with E-state index in [4.69, 9.17) is 9.29 Å². The van der Waals surface area contributed by atoms with Gasteiger partial charge in [0.15, 0.2) is 0 Å². The lowest BCUT2D eigenvalue weighted by molar-refractivity contribution is -0.665. The zero-order chi connectivity index (χ0) is 23.6. The molecule has 2 aromatic carbocycles. The van der Waals surface area contributed by atoms with Crippen molar-refractivity contribution in [2.75, 3.05) is 24.3 Å². The van der Waals surface area contributed by atoms with Crippen molar-refractivity contribution in [2.45, 2.75) is 31.7 Å². The molecular formula is C24H27N2O4S3+. The van der Waals surface area contributed by atoms with Crippen molar-refractivity contribution >= 4 is 55.2 Å². The molecule has 0 unspecified atom stereocenters. The number of para-hydroxylation sites is 1. The molecule has 9 heteroatoms. The minimum absolute atomic E-state index is 0.270. The Bertz CT molecular complexity index is 1340. The monoisotopic (exact) mass is 503 g/mol. The lowest BCUT2D eigenvalue weighted by atomic mass is 10.2. The number of ether oxygens (including phenoxy) is 1. The third-order valence-electron chi connectivity index (χ3n) is 5.38. The molecule has 0 saturated heterocycles. The van der Waals surface area contributed by atoms with Crippen LogP contribution in [0, 0.1) is 0 Å². The molecule has 6 nitrogen and oxygen atoms in total. The summed E-state index contributed by atoms with van der Waals surface area (Å²) in [5, 5.41) is 2.21. The predicted octanol–water partition coefficient (Wildman–Crippen LogP) is 5.35. The second-order valence-electron chi connectivity index (χ2n) is 7.75. The standard InChI is InChI=1S/C24H26N2O4S3/c1-4-25-19-8-5-6-9-21(19)31-23(25)14-17(2)15-24-26(12-7-13-33(27,28)29)20-16-18(30-3)10-11-22(20)32-24/h5-6,8-11,14-16H,4,7,12-13H2,1-3H3/p+1. The second-order valence-corrected chi connectivity index (χ2v) is 11.4. The third kappa shape index (κ3) is 5.43. The average Bonchev–Trinajstić information content (AvgIpc) is 3.29. The normalized spacial score (nSPS) is 15.5. The van der Waals surface area contributed by atoms with Gasteiger partial charge in [0.05, 0.1) is 23.6 Å². The molecule has 1 aliphatic heterocycles. The lowest BCUT2D eigenvalue weighted by Gasteiger charge is -2.20. The number of aryl methyl sites for hydroxylation is 1. The van der Waals surface area contributed by atoms with Gasteiger partial charge >= 0.3 is 0 Å². The van der Waals surface area contributed by atoms with E-state index in [1.807, 2.05) is 18.2 Å². The number of aromatic nitrogens is 1. The van der Waals surface area contributed by atoms with Crippen LogP contribution < -0.4 is 14.2 Å². The van der Waals surface area contributed by atoms with E-state index in [2.05, 4.69) is 59.7 Å². The van der Waals surface area contributed by atoms with Crippen molar-refractivity contribution in [3.05, 3.63) is 64.2 Å². The highest BCUT2D eigenvalue weighted by molar-refractivity contribution is 8.03. The number of nitrogens with zero attached hydrogens (tertiary/aromatic N) is 2. The summed E-state index contributed by atoms with van der Waals surface area (Å²) in [6.45, 7) is 5.60. The summed E-state index contributed by atoms with van der Waals surface area (Å²) in [5.74, 6) is 0.477. The van der Waals surface area contributed by atoms with Gasteiger partial charge in [-0.3, -0.25) is 4.55 Å². The van der Waals surface area contributed by atoms with Gasteiger partial charge in [-0.15, -0.1) is 0 Å².